The number of hydrogen-bond donors (Lipinski definition) is 2. The SMILES string of the molecule is COc1ccc(OC)c(/C=C/C(=O)Nc2cccc(Nc3nc(C)cc(C)n3)c2)c1. The van der Waals surface area contributed by atoms with E-state index in [0.29, 0.717) is 23.1 Å². The van der Waals surface area contributed by atoms with Crippen molar-refractivity contribution in [3.63, 3.8) is 0 Å². The lowest BCUT2D eigenvalue weighted by molar-refractivity contribution is -0.111. The quantitative estimate of drug-likeness (QED) is 0.564. The van der Waals surface area contributed by atoms with Crippen LogP contribution in [0.15, 0.2) is 54.6 Å². The van der Waals surface area contributed by atoms with E-state index < -0.39 is 0 Å². The van der Waals surface area contributed by atoms with Crippen LogP contribution in [0, 0.1) is 13.8 Å². The van der Waals surface area contributed by atoms with Crippen LogP contribution in [0.25, 0.3) is 6.08 Å². The molecule has 0 aliphatic rings. The highest BCUT2D eigenvalue weighted by atomic mass is 16.5. The fourth-order valence-corrected chi connectivity index (χ4v) is 2.90. The van der Waals surface area contributed by atoms with Gasteiger partial charge in [-0.05, 0) is 62.4 Å². The molecule has 154 valence electrons. The number of rotatable bonds is 7. The molecule has 1 amide bonds. The van der Waals surface area contributed by atoms with E-state index in [9.17, 15) is 4.79 Å². The van der Waals surface area contributed by atoms with Gasteiger partial charge in [-0.15, -0.1) is 0 Å². The van der Waals surface area contributed by atoms with Crippen LogP contribution in [0.2, 0.25) is 0 Å². The summed E-state index contributed by atoms with van der Waals surface area (Å²) in [6.07, 6.45) is 3.13. The monoisotopic (exact) mass is 404 g/mol. The van der Waals surface area contributed by atoms with Gasteiger partial charge in [-0.1, -0.05) is 6.07 Å². The van der Waals surface area contributed by atoms with Gasteiger partial charge in [0.25, 0.3) is 0 Å². The fraction of sp³-hybridized carbons (Fsp3) is 0.174. The lowest BCUT2D eigenvalue weighted by atomic mass is 10.1. The molecule has 0 aliphatic carbocycles. The molecule has 0 fully saturated rings. The number of nitrogens with zero attached hydrogens (tertiary/aromatic N) is 2. The summed E-state index contributed by atoms with van der Waals surface area (Å²) < 4.78 is 10.6. The molecule has 0 atom stereocenters. The second-order valence-corrected chi connectivity index (χ2v) is 6.61. The van der Waals surface area contributed by atoms with Gasteiger partial charge in [0.05, 0.1) is 14.2 Å². The molecule has 0 aliphatic heterocycles. The molecule has 0 bridgehead atoms. The van der Waals surface area contributed by atoms with Crippen molar-refractivity contribution in [2.75, 3.05) is 24.9 Å². The zero-order chi connectivity index (χ0) is 21.5. The molecule has 7 nitrogen and oxygen atoms in total. The molecule has 2 N–H and O–H groups in total. The van der Waals surface area contributed by atoms with Crippen molar-refractivity contribution in [3.05, 3.63) is 71.6 Å². The summed E-state index contributed by atoms with van der Waals surface area (Å²) in [5.41, 5.74) is 3.93. The molecular weight excluding hydrogens is 380 g/mol. The van der Waals surface area contributed by atoms with E-state index in [4.69, 9.17) is 9.47 Å². The zero-order valence-corrected chi connectivity index (χ0v) is 17.4. The predicted octanol–water partition coefficient (Wildman–Crippen LogP) is 4.51. The summed E-state index contributed by atoms with van der Waals surface area (Å²) >= 11 is 0. The van der Waals surface area contributed by atoms with Gasteiger partial charge in [-0.25, -0.2) is 9.97 Å². The van der Waals surface area contributed by atoms with Gasteiger partial charge >= 0.3 is 0 Å². The molecule has 1 heterocycles. The summed E-state index contributed by atoms with van der Waals surface area (Å²) in [5, 5.41) is 6.01. The van der Waals surface area contributed by atoms with Crippen LogP contribution in [-0.4, -0.2) is 30.1 Å². The maximum atomic E-state index is 12.4. The molecule has 0 saturated carbocycles. The number of nitrogens with one attached hydrogen (secondary N) is 2. The number of ether oxygens (including phenoxy) is 2. The average molecular weight is 404 g/mol. The van der Waals surface area contributed by atoms with Crippen molar-refractivity contribution in [2.24, 2.45) is 0 Å². The van der Waals surface area contributed by atoms with Crippen LogP contribution >= 0.6 is 0 Å². The first-order valence-corrected chi connectivity index (χ1v) is 9.37. The Morgan fingerprint density at radius 1 is 0.933 bits per heavy atom. The minimum absolute atomic E-state index is 0.264. The lowest BCUT2D eigenvalue weighted by Crippen LogP contribution is -2.08. The fourth-order valence-electron chi connectivity index (χ4n) is 2.90. The standard InChI is InChI=1S/C23H24N4O3/c1-15-12-16(2)25-23(24-15)27-19-7-5-6-18(14-19)26-22(28)11-8-17-13-20(29-3)9-10-21(17)30-4/h5-14H,1-4H3,(H,26,28)(H,24,25,27)/b11-8+. The molecule has 0 saturated heterocycles. The number of benzene rings is 2. The molecule has 3 rings (SSSR count). The Kier molecular flexibility index (Phi) is 6.64. The van der Waals surface area contributed by atoms with E-state index >= 15 is 0 Å². The van der Waals surface area contributed by atoms with Gasteiger partial charge in [-0.3, -0.25) is 4.79 Å². The molecule has 0 radical (unpaired) electrons. The Bertz CT molecular complexity index is 1060. The average Bonchev–Trinajstić information content (AvgIpc) is 2.71. The number of hydrogen-bond acceptors (Lipinski definition) is 6. The highest BCUT2D eigenvalue weighted by Gasteiger charge is 2.05. The number of amides is 1. The molecule has 3 aromatic rings. The van der Waals surface area contributed by atoms with Crippen molar-refractivity contribution < 1.29 is 14.3 Å². The van der Waals surface area contributed by atoms with Crippen molar-refractivity contribution in [2.45, 2.75) is 13.8 Å². The zero-order valence-electron chi connectivity index (χ0n) is 17.4. The third kappa shape index (κ3) is 5.57. The van der Waals surface area contributed by atoms with Gasteiger partial charge < -0.3 is 20.1 Å². The van der Waals surface area contributed by atoms with Crippen LogP contribution in [0.4, 0.5) is 17.3 Å². The predicted molar refractivity (Wildman–Crippen MR) is 118 cm³/mol. The van der Waals surface area contributed by atoms with Gasteiger partial charge in [0.1, 0.15) is 11.5 Å². The minimum atomic E-state index is -0.264. The van der Waals surface area contributed by atoms with Crippen LogP contribution in [0.3, 0.4) is 0 Å². The summed E-state index contributed by atoms with van der Waals surface area (Å²) in [4.78, 5) is 21.1. The first-order chi connectivity index (χ1) is 14.5. The van der Waals surface area contributed by atoms with E-state index in [1.807, 2.05) is 44.2 Å². The topological polar surface area (TPSA) is 85.4 Å². The largest absolute Gasteiger partial charge is 0.497 e. The van der Waals surface area contributed by atoms with E-state index in [2.05, 4.69) is 20.6 Å². The molecule has 0 unspecified atom stereocenters. The lowest BCUT2D eigenvalue weighted by Gasteiger charge is -2.09. The molecular formula is C23H24N4O3. The van der Waals surface area contributed by atoms with Gasteiger partial charge in [0, 0.05) is 34.4 Å². The van der Waals surface area contributed by atoms with E-state index in [0.717, 1.165) is 22.6 Å². The maximum absolute atomic E-state index is 12.4. The summed E-state index contributed by atoms with van der Waals surface area (Å²) in [7, 11) is 3.17. The van der Waals surface area contributed by atoms with Gasteiger partial charge in [0.15, 0.2) is 0 Å². The number of aromatic nitrogens is 2. The number of carbonyl (C=O) groups excluding carboxylic acids is 1. The van der Waals surface area contributed by atoms with Crippen molar-refractivity contribution in [1.29, 1.82) is 0 Å². The van der Waals surface area contributed by atoms with Gasteiger partial charge in [-0.2, -0.15) is 0 Å². The van der Waals surface area contributed by atoms with E-state index in [1.165, 1.54) is 6.08 Å². The van der Waals surface area contributed by atoms with Crippen molar-refractivity contribution in [1.82, 2.24) is 9.97 Å². The number of aryl methyl sites for hydroxylation is 2. The third-order valence-electron chi connectivity index (χ3n) is 4.22. The number of carbonyl (C=O) groups is 1. The summed E-state index contributed by atoms with van der Waals surface area (Å²) in [5.74, 6) is 1.59. The Morgan fingerprint density at radius 2 is 1.67 bits per heavy atom. The minimum Gasteiger partial charge on any atom is -0.497 e. The Hall–Kier alpha value is -3.87. The van der Waals surface area contributed by atoms with E-state index in [-0.39, 0.29) is 5.91 Å². The number of methoxy groups -OCH3 is 2. The normalized spacial score (nSPS) is 10.7. The second kappa shape index (κ2) is 9.56. The van der Waals surface area contributed by atoms with Crippen LogP contribution in [-0.2, 0) is 4.79 Å². The van der Waals surface area contributed by atoms with E-state index in [1.54, 1.807) is 38.5 Å². The molecule has 7 heteroatoms. The Morgan fingerprint density at radius 3 is 2.37 bits per heavy atom. The summed E-state index contributed by atoms with van der Waals surface area (Å²) in [6, 6.07) is 14.7. The Labute approximate surface area is 175 Å². The van der Waals surface area contributed by atoms with Crippen LogP contribution < -0.4 is 20.1 Å². The molecule has 30 heavy (non-hydrogen) atoms. The van der Waals surface area contributed by atoms with Gasteiger partial charge in [0.2, 0.25) is 11.9 Å². The maximum Gasteiger partial charge on any atom is 0.248 e. The first-order valence-electron chi connectivity index (χ1n) is 9.37. The third-order valence-corrected chi connectivity index (χ3v) is 4.22. The second-order valence-electron chi connectivity index (χ2n) is 6.61. The van der Waals surface area contributed by atoms with Crippen LogP contribution in [0.1, 0.15) is 17.0 Å². The molecule has 0 spiro atoms. The van der Waals surface area contributed by atoms with Crippen molar-refractivity contribution in [3.8, 4) is 11.5 Å². The first kappa shape index (κ1) is 20.9. The molecule has 2 aromatic carbocycles. The van der Waals surface area contributed by atoms with Crippen LogP contribution in [0.5, 0.6) is 11.5 Å². The summed E-state index contributed by atoms with van der Waals surface area (Å²) in [6.45, 7) is 3.83. The molecule has 1 aromatic heterocycles. The number of anilines is 3. The van der Waals surface area contributed by atoms with Crippen molar-refractivity contribution >= 4 is 29.3 Å². The smallest absolute Gasteiger partial charge is 0.248 e. The highest BCUT2D eigenvalue weighted by molar-refractivity contribution is 6.02. The highest BCUT2D eigenvalue weighted by Crippen LogP contribution is 2.25. The Balaban J connectivity index is 1.70.